The van der Waals surface area contributed by atoms with Gasteiger partial charge in [-0.1, -0.05) is 65.8 Å². The quantitative estimate of drug-likeness (QED) is 0.154. The Morgan fingerprint density at radius 1 is 0.969 bits per heavy atom. The number of thioether (sulfide) groups is 2. The summed E-state index contributed by atoms with van der Waals surface area (Å²) < 4.78 is 6.07. The minimum Gasteiger partial charge on any atom is -0.370 e. The average molecular weight is 499 g/mol. The highest BCUT2D eigenvalue weighted by Gasteiger charge is 2.31. The van der Waals surface area contributed by atoms with E-state index in [4.69, 9.17) is 26.3 Å². The van der Waals surface area contributed by atoms with Crippen molar-refractivity contribution in [2.24, 2.45) is 0 Å². The van der Waals surface area contributed by atoms with Gasteiger partial charge in [0.15, 0.2) is 5.16 Å². The summed E-state index contributed by atoms with van der Waals surface area (Å²) in [6, 6.07) is 18.5. The topological polar surface area (TPSA) is 35.0 Å². The van der Waals surface area contributed by atoms with Gasteiger partial charge in [0.1, 0.15) is 9.86 Å². The Labute approximate surface area is 206 Å². The van der Waals surface area contributed by atoms with Crippen LogP contribution in [0.1, 0.15) is 35.4 Å². The summed E-state index contributed by atoms with van der Waals surface area (Å²) in [7, 11) is 0. The first-order valence-electron chi connectivity index (χ1n) is 10.5. The van der Waals surface area contributed by atoms with Gasteiger partial charge in [0.2, 0.25) is 0 Å². The Kier molecular flexibility index (Phi) is 6.50. The largest absolute Gasteiger partial charge is 0.370 e. The van der Waals surface area contributed by atoms with Crippen molar-refractivity contribution in [3.8, 4) is 0 Å². The molecule has 0 fully saturated rings. The highest BCUT2D eigenvalue weighted by molar-refractivity contribution is 7.99. The molecule has 164 valence electrons. The third-order valence-electron chi connectivity index (χ3n) is 5.38. The molecule has 2 aromatic carbocycles. The molecule has 4 aromatic rings. The predicted molar refractivity (Wildman–Crippen MR) is 137 cm³/mol. The molecule has 0 bridgehead atoms. The van der Waals surface area contributed by atoms with E-state index in [0.717, 1.165) is 38.0 Å². The first-order valence-corrected chi connectivity index (χ1v) is 13.6. The molecule has 0 saturated heterocycles. The van der Waals surface area contributed by atoms with Gasteiger partial charge in [0.25, 0.3) is 0 Å². The van der Waals surface area contributed by atoms with Crippen molar-refractivity contribution < 1.29 is 4.74 Å². The smallest absolute Gasteiger partial charge is 0.190 e. The normalized spacial score (nSPS) is 15.1. The van der Waals surface area contributed by atoms with E-state index in [1.54, 1.807) is 34.9 Å². The van der Waals surface area contributed by atoms with Crippen molar-refractivity contribution in [2.75, 3.05) is 0 Å². The molecule has 0 saturated carbocycles. The highest BCUT2D eigenvalue weighted by Crippen LogP contribution is 2.43. The molecular formula is C25H23ClN2OS3. The maximum atomic E-state index is 6.07. The summed E-state index contributed by atoms with van der Waals surface area (Å²) >= 11 is 11.3. The standard InChI is InChI=1S/C25H23ClN2OS3/c1-25(2)12-19-20(13-29-25)32-23-21(19)22(30-14-17-8-10-18(26)11-9-17)27-24(28-23)31-15-16-6-4-3-5-7-16/h3-11H,12-15H2,1-2H3. The summed E-state index contributed by atoms with van der Waals surface area (Å²) in [4.78, 5) is 12.3. The molecule has 0 amide bonds. The lowest BCUT2D eigenvalue weighted by Crippen LogP contribution is -2.31. The third kappa shape index (κ3) is 5.00. The van der Waals surface area contributed by atoms with E-state index in [1.807, 2.05) is 18.2 Å². The van der Waals surface area contributed by atoms with Crippen LogP contribution in [0.15, 0.2) is 64.8 Å². The zero-order chi connectivity index (χ0) is 22.1. The molecule has 1 aliphatic rings. The first-order chi connectivity index (χ1) is 15.5. The van der Waals surface area contributed by atoms with E-state index in [9.17, 15) is 0 Å². The van der Waals surface area contributed by atoms with E-state index >= 15 is 0 Å². The molecule has 0 unspecified atom stereocenters. The Balaban J connectivity index is 1.49. The number of rotatable bonds is 6. The molecule has 5 rings (SSSR count). The van der Waals surface area contributed by atoms with Crippen LogP contribution in [0.25, 0.3) is 10.2 Å². The number of aromatic nitrogens is 2. The average Bonchev–Trinajstić information content (AvgIpc) is 3.14. The summed E-state index contributed by atoms with van der Waals surface area (Å²) in [5.74, 6) is 1.70. The predicted octanol–water partition coefficient (Wildman–Crippen LogP) is 7.78. The van der Waals surface area contributed by atoms with Crippen molar-refractivity contribution in [3.05, 3.63) is 81.2 Å². The van der Waals surface area contributed by atoms with Crippen molar-refractivity contribution in [3.63, 3.8) is 0 Å². The molecule has 3 nitrogen and oxygen atoms in total. The van der Waals surface area contributed by atoms with Crippen LogP contribution in [-0.2, 0) is 29.3 Å². The summed E-state index contributed by atoms with van der Waals surface area (Å²) in [6.07, 6.45) is 0.886. The van der Waals surface area contributed by atoms with Crippen LogP contribution in [-0.4, -0.2) is 15.6 Å². The number of nitrogens with zero attached hydrogens (tertiary/aromatic N) is 2. The van der Waals surface area contributed by atoms with Crippen LogP contribution < -0.4 is 0 Å². The van der Waals surface area contributed by atoms with Crippen LogP contribution in [0, 0.1) is 0 Å². The van der Waals surface area contributed by atoms with Gasteiger partial charge < -0.3 is 4.74 Å². The fourth-order valence-electron chi connectivity index (χ4n) is 3.72. The Morgan fingerprint density at radius 3 is 2.47 bits per heavy atom. The SMILES string of the molecule is CC1(C)Cc2c(sc3nc(SCc4ccccc4)nc(SCc4ccc(Cl)cc4)c23)CO1. The molecule has 1 aliphatic heterocycles. The second-order valence-electron chi connectivity index (χ2n) is 8.41. The Bertz CT molecular complexity index is 1240. The minimum atomic E-state index is -0.167. The van der Waals surface area contributed by atoms with Gasteiger partial charge in [0, 0.05) is 33.2 Å². The maximum absolute atomic E-state index is 6.07. The lowest BCUT2D eigenvalue weighted by molar-refractivity contribution is -0.0379. The second-order valence-corrected chi connectivity index (χ2v) is 11.8. The van der Waals surface area contributed by atoms with Crippen molar-refractivity contribution in [2.45, 2.75) is 54.2 Å². The first kappa shape index (κ1) is 22.2. The molecule has 3 heterocycles. The Hall–Kier alpha value is -1.57. The molecular weight excluding hydrogens is 476 g/mol. The van der Waals surface area contributed by atoms with E-state index in [1.165, 1.54) is 27.0 Å². The fraction of sp³-hybridized carbons (Fsp3) is 0.280. The van der Waals surface area contributed by atoms with E-state index in [2.05, 4.69) is 50.2 Å². The summed E-state index contributed by atoms with van der Waals surface area (Å²) in [6.45, 7) is 4.97. The van der Waals surface area contributed by atoms with E-state index in [0.29, 0.717) is 6.61 Å². The molecule has 0 aliphatic carbocycles. The number of ether oxygens (including phenoxy) is 1. The van der Waals surface area contributed by atoms with Gasteiger partial charge in [-0.15, -0.1) is 23.1 Å². The van der Waals surface area contributed by atoms with Gasteiger partial charge in [0.05, 0.1) is 12.2 Å². The zero-order valence-electron chi connectivity index (χ0n) is 17.9. The third-order valence-corrected chi connectivity index (χ3v) is 8.69. The lowest BCUT2D eigenvalue weighted by atomic mass is 9.95. The van der Waals surface area contributed by atoms with Crippen LogP contribution in [0.4, 0.5) is 0 Å². The van der Waals surface area contributed by atoms with Gasteiger partial charge in [-0.2, -0.15) is 0 Å². The summed E-state index contributed by atoms with van der Waals surface area (Å²) in [5, 5.41) is 3.87. The molecule has 0 radical (unpaired) electrons. The van der Waals surface area contributed by atoms with Gasteiger partial charge >= 0.3 is 0 Å². The van der Waals surface area contributed by atoms with Crippen molar-refractivity contribution >= 4 is 56.7 Å². The van der Waals surface area contributed by atoms with E-state index < -0.39 is 0 Å². The molecule has 32 heavy (non-hydrogen) atoms. The van der Waals surface area contributed by atoms with Crippen LogP contribution in [0.5, 0.6) is 0 Å². The maximum Gasteiger partial charge on any atom is 0.190 e. The van der Waals surface area contributed by atoms with Crippen molar-refractivity contribution in [1.29, 1.82) is 0 Å². The number of benzene rings is 2. The second kappa shape index (κ2) is 9.35. The molecule has 7 heteroatoms. The molecule has 2 aromatic heterocycles. The monoisotopic (exact) mass is 498 g/mol. The van der Waals surface area contributed by atoms with Crippen LogP contribution >= 0.6 is 46.5 Å². The Morgan fingerprint density at radius 2 is 1.69 bits per heavy atom. The lowest BCUT2D eigenvalue weighted by Gasteiger charge is -2.30. The van der Waals surface area contributed by atoms with Gasteiger partial charge in [-0.05, 0) is 42.7 Å². The molecule has 0 spiro atoms. The van der Waals surface area contributed by atoms with Gasteiger partial charge in [-0.3, -0.25) is 0 Å². The molecule has 0 atom stereocenters. The number of fused-ring (bicyclic) bond motifs is 3. The zero-order valence-corrected chi connectivity index (χ0v) is 21.1. The fourth-order valence-corrected chi connectivity index (χ4v) is 6.94. The van der Waals surface area contributed by atoms with E-state index in [-0.39, 0.29) is 5.60 Å². The number of hydrogen-bond acceptors (Lipinski definition) is 6. The van der Waals surface area contributed by atoms with Crippen LogP contribution in [0.3, 0.4) is 0 Å². The highest BCUT2D eigenvalue weighted by atomic mass is 35.5. The van der Waals surface area contributed by atoms with Gasteiger partial charge in [-0.25, -0.2) is 9.97 Å². The number of thiophene rings is 1. The minimum absolute atomic E-state index is 0.167. The van der Waals surface area contributed by atoms with Crippen LogP contribution in [0.2, 0.25) is 5.02 Å². The number of hydrogen-bond donors (Lipinski definition) is 0. The number of halogens is 1. The van der Waals surface area contributed by atoms with Crippen molar-refractivity contribution in [1.82, 2.24) is 9.97 Å². The molecule has 0 N–H and O–H groups in total. The summed E-state index contributed by atoms with van der Waals surface area (Å²) in [5.41, 5.74) is 3.70.